The van der Waals surface area contributed by atoms with Gasteiger partial charge in [-0.1, -0.05) is 23.7 Å². The molecule has 2 rings (SSSR count). The average molecular weight is 364 g/mol. The summed E-state index contributed by atoms with van der Waals surface area (Å²) < 4.78 is 15.8. The first-order chi connectivity index (χ1) is 12.1. The summed E-state index contributed by atoms with van der Waals surface area (Å²) in [5, 5.41) is 3.57. The molecule has 0 saturated carbocycles. The van der Waals surface area contributed by atoms with Crippen LogP contribution in [0.4, 0.5) is 5.69 Å². The van der Waals surface area contributed by atoms with Gasteiger partial charge in [-0.15, -0.1) is 0 Å². The van der Waals surface area contributed by atoms with Gasteiger partial charge in [0.2, 0.25) is 11.7 Å². The summed E-state index contributed by atoms with van der Waals surface area (Å²) in [4.78, 5) is 12.2. The second-order valence-electron chi connectivity index (χ2n) is 5.44. The molecule has 1 amide bonds. The molecule has 0 fully saturated rings. The highest BCUT2D eigenvalue weighted by Crippen LogP contribution is 2.39. The lowest BCUT2D eigenvalue weighted by Crippen LogP contribution is -2.12. The Morgan fingerprint density at radius 1 is 1.00 bits per heavy atom. The third-order valence-corrected chi connectivity index (χ3v) is 3.98. The van der Waals surface area contributed by atoms with Gasteiger partial charge >= 0.3 is 0 Å². The maximum atomic E-state index is 12.2. The van der Waals surface area contributed by atoms with Crippen LogP contribution in [0.15, 0.2) is 36.4 Å². The summed E-state index contributed by atoms with van der Waals surface area (Å²) in [5.41, 5.74) is 1.76. The molecule has 0 bridgehead atoms. The fraction of sp³-hybridized carbons (Fsp3) is 0.316. The van der Waals surface area contributed by atoms with E-state index in [4.69, 9.17) is 25.8 Å². The van der Waals surface area contributed by atoms with Crippen molar-refractivity contribution < 1.29 is 19.0 Å². The standard InChI is InChI=1S/C19H22ClNO4/c1-23-16-11-15(12-17(24-2)19(16)25-3)21-18(22)6-4-5-13-7-9-14(20)10-8-13/h7-12H,4-6H2,1-3H3,(H,21,22). The summed E-state index contributed by atoms with van der Waals surface area (Å²) in [7, 11) is 4.61. The number of methoxy groups -OCH3 is 3. The number of ether oxygens (including phenoxy) is 3. The monoisotopic (exact) mass is 363 g/mol. The number of benzene rings is 2. The third kappa shape index (κ3) is 5.29. The van der Waals surface area contributed by atoms with Crippen LogP contribution in [0.5, 0.6) is 17.2 Å². The number of amides is 1. The number of halogens is 1. The predicted molar refractivity (Wildman–Crippen MR) is 99.1 cm³/mol. The number of hydrogen-bond donors (Lipinski definition) is 1. The van der Waals surface area contributed by atoms with Gasteiger partial charge in [0.1, 0.15) is 0 Å². The van der Waals surface area contributed by atoms with Crippen LogP contribution in [0.25, 0.3) is 0 Å². The van der Waals surface area contributed by atoms with Crippen LogP contribution in [0.3, 0.4) is 0 Å². The SMILES string of the molecule is COc1cc(NC(=O)CCCc2ccc(Cl)cc2)cc(OC)c1OC. The summed E-state index contributed by atoms with van der Waals surface area (Å²) in [6.07, 6.45) is 1.98. The summed E-state index contributed by atoms with van der Waals surface area (Å²) in [5.74, 6) is 1.42. The molecule has 0 aliphatic heterocycles. The minimum Gasteiger partial charge on any atom is -0.493 e. The fourth-order valence-corrected chi connectivity index (χ4v) is 2.61. The van der Waals surface area contributed by atoms with E-state index in [1.165, 1.54) is 21.3 Å². The van der Waals surface area contributed by atoms with E-state index in [0.717, 1.165) is 18.4 Å². The molecule has 0 heterocycles. The lowest BCUT2D eigenvalue weighted by molar-refractivity contribution is -0.116. The summed E-state index contributed by atoms with van der Waals surface area (Å²) in [6.45, 7) is 0. The Kier molecular flexibility index (Phi) is 6.95. The molecule has 2 aromatic carbocycles. The van der Waals surface area contributed by atoms with E-state index >= 15 is 0 Å². The molecule has 2 aromatic rings. The highest BCUT2D eigenvalue weighted by molar-refractivity contribution is 6.30. The number of rotatable bonds is 8. The first-order valence-corrected chi connectivity index (χ1v) is 8.29. The van der Waals surface area contributed by atoms with Crippen LogP contribution in [0, 0.1) is 0 Å². The molecule has 0 spiro atoms. The lowest BCUT2D eigenvalue weighted by Gasteiger charge is -2.14. The van der Waals surface area contributed by atoms with Gasteiger partial charge in [-0.2, -0.15) is 0 Å². The van der Waals surface area contributed by atoms with Crippen molar-refractivity contribution in [2.75, 3.05) is 26.6 Å². The van der Waals surface area contributed by atoms with Crippen molar-refractivity contribution in [3.8, 4) is 17.2 Å². The Bertz CT molecular complexity index is 691. The molecule has 0 aliphatic rings. The Morgan fingerprint density at radius 2 is 1.60 bits per heavy atom. The van der Waals surface area contributed by atoms with Gasteiger partial charge in [0, 0.05) is 29.3 Å². The fourth-order valence-electron chi connectivity index (χ4n) is 2.48. The van der Waals surface area contributed by atoms with E-state index in [9.17, 15) is 4.79 Å². The second-order valence-corrected chi connectivity index (χ2v) is 5.88. The van der Waals surface area contributed by atoms with Crippen molar-refractivity contribution in [2.24, 2.45) is 0 Å². The zero-order valence-corrected chi connectivity index (χ0v) is 15.4. The first kappa shape index (κ1) is 18.9. The van der Waals surface area contributed by atoms with Crippen molar-refractivity contribution in [1.82, 2.24) is 0 Å². The molecule has 25 heavy (non-hydrogen) atoms. The molecular weight excluding hydrogens is 342 g/mol. The van der Waals surface area contributed by atoms with Crippen molar-refractivity contribution in [1.29, 1.82) is 0 Å². The molecule has 0 aromatic heterocycles. The second kappa shape index (κ2) is 9.18. The number of nitrogens with one attached hydrogen (secondary N) is 1. The quantitative estimate of drug-likeness (QED) is 0.758. The lowest BCUT2D eigenvalue weighted by atomic mass is 10.1. The zero-order chi connectivity index (χ0) is 18.2. The van der Waals surface area contributed by atoms with Crippen LogP contribution >= 0.6 is 11.6 Å². The average Bonchev–Trinajstić information content (AvgIpc) is 2.62. The van der Waals surface area contributed by atoms with Crippen LogP contribution in [0.2, 0.25) is 5.02 Å². The van der Waals surface area contributed by atoms with Crippen LogP contribution in [-0.2, 0) is 11.2 Å². The number of carbonyl (C=O) groups is 1. The molecule has 6 heteroatoms. The number of anilines is 1. The molecule has 0 aliphatic carbocycles. The smallest absolute Gasteiger partial charge is 0.224 e. The Morgan fingerprint density at radius 3 is 2.12 bits per heavy atom. The normalized spacial score (nSPS) is 10.2. The van der Waals surface area contributed by atoms with E-state index in [-0.39, 0.29) is 5.91 Å². The van der Waals surface area contributed by atoms with Gasteiger partial charge in [0.15, 0.2) is 11.5 Å². The van der Waals surface area contributed by atoms with Gasteiger partial charge in [-0.05, 0) is 30.5 Å². The van der Waals surface area contributed by atoms with E-state index in [2.05, 4.69) is 5.32 Å². The molecule has 0 radical (unpaired) electrons. The predicted octanol–water partition coefficient (Wildman–Crippen LogP) is 4.33. The first-order valence-electron chi connectivity index (χ1n) is 7.91. The number of hydrogen-bond acceptors (Lipinski definition) is 4. The summed E-state index contributed by atoms with van der Waals surface area (Å²) >= 11 is 5.86. The highest BCUT2D eigenvalue weighted by atomic mass is 35.5. The maximum absolute atomic E-state index is 12.2. The number of carbonyl (C=O) groups excluding carboxylic acids is 1. The van der Waals surface area contributed by atoms with Crippen molar-refractivity contribution in [3.63, 3.8) is 0 Å². The van der Waals surface area contributed by atoms with Gasteiger partial charge in [0.05, 0.1) is 21.3 Å². The van der Waals surface area contributed by atoms with Gasteiger partial charge in [0.25, 0.3) is 0 Å². The van der Waals surface area contributed by atoms with Crippen LogP contribution in [-0.4, -0.2) is 27.2 Å². The molecule has 134 valence electrons. The maximum Gasteiger partial charge on any atom is 0.224 e. The van der Waals surface area contributed by atoms with Crippen LogP contribution in [0.1, 0.15) is 18.4 Å². The minimum atomic E-state index is -0.0664. The van der Waals surface area contributed by atoms with Crippen LogP contribution < -0.4 is 19.5 Å². The molecular formula is C19H22ClNO4. The van der Waals surface area contributed by atoms with E-state index in [1.54, 1.807) is 12.1 Å². The van der Waals surface area contributed by atoms with Crippen molar-refractivity contribution in [3.05, 3.63) is 47.0 Å². The Balaban J connectivity index is 1.94. The highest BCUT2D eigenvalue weighted by Gasteiger charge is 2.14. The Hall–Kier alpha value is -2.40. The molecule has 0 unspecified atom stereocenters. The largest absolute Gasteiger partial charge is 0.493 e. The van der Waals surface area contributed by atoms with Gasteiger partial charge < -0.3 is 19.5 Å². The van der Waals surface area contributed by atoms with E-state index in [1.807, 2.05) is 24.3 Å². The van der Waals surface area contributed by atoms with E-state index < -0.39 is 0 Å². The Labute approximate surface area is 152 Å². The molecule has 1 N–H and O–H groups in total. The van der Waals surface area contributed by atoms with Crippen molar-refractivity contribution in [2.45, 2.75) is 19.3 Å². The minimum absolute atomic E-state index is 0.0664. The van der Waals surface area contributed by atoms with Gasteiger partial charge in [-0.3, -0.25) is 4.79 Å². The van der Waals surface area contributed by atoms with Gasteiger partial charge in [-0.25, -0.2) is 0 Å². The zero-order valence-electron chi connectivity index (χ0n) is 14.6. The number of aryl methyl sites for hydroxylation is 1. The molecule has 0 saturated heterocycles. The van der Waals surface area contributed by atoms with E-state index in [0.29, 0.717) is 34.4 Å². The topological polar surface area (TPSA) is 56.8 Å². The molecule has 5 nitrogen and oxygen atoms in total. The summed E-state index contributed by atoms with van der Waals surface area (Å²) in [6, 6.07) is 11.1. The third-order valence-electron chi connectivity index (χ3n) is 3.73. The van der Waals surface area contributed by atoms with Crippen molar-refractivity contribution >= 4 is 23.2 Å². The molecule has 0 atom stereocenters.